The fourth-order valence-corrected chi connectivity index (χ4v) is 4.91. The molecule has 57 heavy (non-hydrogen) atoms. The Labute approximate surface area is 321 Å². The Hall–Kier alpha value is -7.48. The number of carbonyl (C=O) groups is 4. The van der Waals surface area contributed by atoms with Crippen molar-refractivity contribution < 1.29 is 65.2 Å². The summed E-state index contributed by atoms with van der Waals surface area (Å²) >= 11 is 0. The van der Waals surface area contributed by atoms with Gasteiger partial charge in [0.15, 0.2) is 23.1 Å². The van der Waals surface area contributed by atoms with E-state index in [4.69, 9.17) is 28.4 Å². The highest BCUT2D eigenvalue weighted by molar-refractivity contribution is 5.94. The van der Waals surface area contributed by atoms with Gasteiger partial charge in [0, 0.05) is 6.42 Å². The molecule has 0 amide bonds. The van der Waals surface area contributed by atoms with E-state index in [-0.39, 0.29) is 33.8 Å². The lowest BCUT2D eigenvalue weighted by molar-refractivity contribution is 0.0714. The van der Waals surface area contributed by atoms with Crippen LogP contribution in [-0.4, -0.2) is 37.1 Å². The molecule has 6 rings (SSSR count). The quantitative estimate of drug-likeness (QED) is 0.0458. The Morgan fingerprint density at radius 3 is 1.00 bits per heavy atom. The third kappa shape index (κ3) is 10.4. The van der Waals surface area contributed by atoms with E-state index in [2.05, 4.69) is 0 Å². The van der Waals surface area contributed by atoms with Crippen LogP contribution in [0.4, 0.5) is 17.6 Å². The molecule has 0 aromatic heterocycles. The third-order valence-corrected chi connectivity index (χ3v) is 7.84. The van der Waals surface area contributed by atoms with Crippen molar-refractivity contribution in [1.29, 1.82) is 0 Å². The number of hydrogen-bond donors (Lipinski definition) is 0. The Kier molecular flexibility index (Phi) is 12.5. The number of rotatable bonds is 14. The van der Waals surface area contributed by atoms with Gasteiger partial charge in [0.05, 0.1) is 35.5 Å². The van der Waals surface area contributed by atoms with Crippen molar-refractivity contribution >= 4 is 23.9 Å². The first-order valence-electron chi connectivity index (χ1n) is 17.0. The van der Waals surface area contributed by atoms with Gasteiger partial charge in [0.1, 0.15) is 23.0 Å². The molecule has 0 fully saturated rings. The lowest BCUT2D eigenvalue weighted by Gasteiger charge is -2.10. The largest absolute Gasteiger partial charge is 0.493 e. The van der Waals surface area contributed by atoms with Crippen LogP contribution in [0.1, 0.15) is 47.9 Å². The van der Waals surface area contributed by atoms with E-state index in [9.17, 15) is 36.7 Å². The second-order valence-electron chi connectivity index (χ2n) is 11.8. The summed E-state index contributed by atoms with van der Waals surface area (Å²) in [6.07, 6.45) is 0.509. The van der Waals surface area contributed by atoms with E-state index < -0.39 is 58.6 Å². The topological polar surface area (TPSA) is 124 Å². The summed E-state index contributed by atoms with van der Waals surface area (Å²) in [5.41, 5.74) is 0.526. The molecule has 0 saturated heterocycles. The fraction of sp³-hybridized carbons (Fsp3) is 0.0698. The highest BCUT2D eigenvalue weighted by Gasteiger charge is 2.17. The monoisotopic (exact) mass is 780 g/mol. The Balaban J connectivity index is 0.885. The van der Waals surface area contributed by atoms with Crippen LogP contribution in [0.15, 0.2) is 133 Å². The molecular weight excluding hydrogens is 752 g/mol. The summed E-state index contributed by atoms with van der Waals surface area (Å²) in [5, 5.41) is 0. The molecule has 14 heteroatoms. The summed E-state index contributed by atoms with van der Waals surface area (Å²) in [6, 6.07) is 29.6. The first-order valence-corrected chi connectivity index (χ1v) is 17.0. The standard InChI is InChI=1S/C43H28F4O10/c44-34-4-1-6-36(38(34)46)56-42(50)28-12-20-32(21-13-28)54-40(48)26-8-16-30(17-9-26)52-24-3-25-53-31-18-10-27(11-19-31)41(49)55-33-22-14-29(15-23-33)43(51)57-37-7-2-5-35(45)39(37)47/h1-2,4-23H,3,24-25H2. The van der Waals surface area contributed by atoms with Crippen molar-refractivity contribution in [3.05, 3.63) is 179 Å². The molecule has 6 aromatic carbocycles. The first kappa shape index (κ1) is 39.2. The maximum absolute atomic E-state index is 13.8. The molecule has 0 radical (unpaired) electrons. The average molecular weight is 781 g/mol. The zero-order valence-electron chi connectivity index (χ0n) is 29.4. The molecule has 0 aliphatic carbocycles. The van der Waals surface area contributed by atoms with Crippen LogP contribution in [0, 0.1) is 23.3 Å². The van der Waals surface area contributed by atoms with Gasteiger partial charge in [-0.25, -0.2) is 28.0 Å². The normalized spacial score (nSPS) is 10.6. The molecule has 288 valence electrons. The summed E-state index contributed by atoms with van der Waals surface area (Å²) in [4.78, 5) is 49.9. The van der Waals surface area contributed by atoms with Gasteiger partial charge in [0.2, 0.25) is 11.6 Å². The lowest BCUT2D eigenvalue weighted by Crippen LogP contribution is -2.11. The van der Waals surface area contributed by atoms with Gasteiger partial charge >= 0.3 is 23.9 Å². The van der Waals surface area contributed by atoms with Crippen molar-refractivity contribution in [3.8, 4) is 34.5 Å². The van der Waals surface area contributed by atoms with Crippen molar-refractivity contribution in [2.75, 3.05) is 13.2 Å². The zero-order valence-corrected chi connectivity index (χ0v) is 29.4. The van der Waals surface area contributed by atoms with Crippen LogP contribution in [0.2, 0.25) is 0 Å². The van der Waals surface area contributed by atoms with E-state index in [0.29, 0.717) is 31.1 Å². The smallest absolute Gasteiger partial charge is 0.343 e. The van der Waals surface area contributed by atoms with Gasteiger partial charge in [-0.1, -0.05) is 12.1 Å². The number of benzene rings is 6. The minimum Gasteiger partial charge on any atom is -0.493 e. The Bertz CT molecular complexity index is 2210. The lowest BCUT2D eigenvalue weighted by atomic mass is 10.2. The van der Waals surface area contributed by atoms with Gasteiger partial charge < -0.3 is 28.4 Å². The van der Waals surface area contributed by atoms with Gasteiger partial charge in [0.25, 0.3) is 0 Å². The maximum atomic E-state index is 13.8. The van der Waals surface area contributed by atoms with Crippen molar-refractivity contribution in [3.63, 3.8) is 0 Å². The summed E-state index contributed by atoms with van der Waals surface area (Å²) in [5.74, 6) is -7.89. The van der Waals surface area contributed by atoms with Gasteiger partial charge in [-0.05, 0) is 121 Å². The summed E-state index contributed by atoms with van der Waals surface area (Å²) < 4.78 is 86.3. The van der Waals surface area contributed by atoms with Gasteiger partial charge in [-0.3, -0.25) is 0 Å². The predicted octanol–water partition coefficient (Wildman–Crippen LogP) is 8.97. The zero-order chi connectivity index (χ0) is 40.3. The van der Waals surface area contributed by atoms with Crippen LogP contribution in [0.25, 0.3) is 0 Å². The molecule has 0 aliphatic rings. The molecule has 0 bridgehead atoms. The fourth-order valence-electron chi connectivity index (χ4n) is 4.91. The minimum atomic E-state index is -1.29. The molecular formula is C43H28F4O10. The minimum absolute atomic E-state index is 0.0263. The molecule has 0 N–H and O–H groups in total. The van der Waals surface area contributed by atoms with E-state index in [1.54, 1.807) is 24.3 Å². The van der Waals surface area contributed by atoms with Crippen LogP contribution in [-0.2, 0) is 0 Å². The summed E-state index contributed by atoms with van der Waals surface area (Å²) in [7, 11) is 0. The second-order valence-corrected chi connectivity index (χ2v) is 11.8. The molecule has 0 spiro atoms. The maximum Gasteiger partial charge on any atom is 0.343 e. The average Bonchev–Trinajstić information content (AvgIpc) is 3.22. The van der Waals surface area contributed by atoms with E-state index in [0.717, 1.165) is 24.3 Å². The van der Waals surface area contributed by atoms with Gasteiger partial charge in [-0.2, -0.15) is 8.78 Å². The van der Waals surface area contributed by atoms with E-state index in [1.165, 1.54) is 84.9 Å². The van der Waals surface area contributed by atoms with Crippen LogP contribution in [0.3, 0.4) is 0 Å². The summed E-state index contributed by atoms with van der Waals surface area (Å²) in [6.45, 7) is 0.597. The van der Waals surface area contributed by atoms with Crippen LogP contribution < -0.4 is 28.4 Å². The molecule has 0 heterocycles. The molecule has 10 nitrogen and oxygen atoms in total. The molecule has 0 aliphatic heterocycles. The number of hydrogen-bond acceptors (Lipinski definition) is 10. The van der Waals surface area contributed by atoms with Crippen molar-refractivity contribution in [1.82, 2.24) is 0 Å². The van der Waals surface area contributed by atoms with E-state index in [1.807, 2.05) is 0 Å². The number of carbonyl (C=O) groups excluding carboxylic acids is 4. The Morgan fingerprint density at radius 1 is 0.368 bits per heavy atom. The van der Waals surface area contributed by atoms with Crippen molar-refractivity contribution in [2.45, 2.75) is 6.42 Å². The predicted molar refractivity (Wildman–Crippen MR) is 194 cm³/mol. The SMILES string of the molecule is O=C(Oc1ccc(C(=O)Oc2cccc(F)c2F)cc1)c1ccc(OCCCOc2ccc(C(=O)Oc3ccc(C(=O)Oc4cccc(F)c4F)cc3)cc2)cc1. The number of halogens is 4. The van der Waals surface area contributed by atoms with Crippen LogP contribution >= 0.6 is 0 Å². The molecule has 6 aromatic rings. The molecule has 0 atom stereocenters. The van der Waals surface area contributed by atoms with Crippen molar-refractivity contribution in [2.24, 2.45) is 0 Å². The van der Waals surface area contributed by atoms with E-state index >= 15 is 0 Å². The Morgan fingerprint density at radius 2 is 0.667 bits per heavy atom. The third-order valence-electron chi connectivity index (χ3n) is 7.84. The van der Waals surface area contributed by atoms with Gasteiger partial charge in [-0.15, -0.1) is 0 Å². The molecule has 0 saturated carbocycles. The number of esters is 4. The first-order chi connectivity index (χ1) is 27.5. The second kappa shape index (κ2) is 18.2. The van der Waals surface area contributed by atoms with Crippen LogP contribution in [0.5, 0.6) is 34.5 Å². The number of ether oxygens (including phenoxy) is 6. The highest BCUT2D eigenvalue weighted by Crippen LogP contribution is 2.24. The molecule has 0 unspecified atom stereocenters. The highest BCUT2D eigenvalue weighted by atomic mass is 19.2.